The summed E-state index contributed by atoms with van der Waals surface area (Å²) in [7, 11) is 3.24. The number of piperidine rings is 1. The summed E-state index contributed by atoms with van der Waals surface area (Å²) in [4.78, 5) is 82.9. The number of likely N-dealkylation sites (tertiary alicyclic amines) is 1. The van der Waals surface area contributed by atoms with Crippen LogP contribution in [0, 0.1) is 0 Å². The number of nitrogens with one attached hydrogen (secondary N) is 2. The predicted molar refractivity (Wildman–Crippen MR) is 314 cm³/mol. The summed E-state index contributed by atoms with van der Waals surface area (Å²) in [5, 5.41) is 24.8. The van der Waals surface area contributed by atoms with E-state index in [2.05, 4.69) is 37.2 Å². The van der Waals surface area contributed by atoms with Crippen LogP contribution >= 0.6 is 0 Å². The minimum Gasteiger partial charge on any atom is -0.484 e. The molecule has 6 aromatic carbocycles. The number of carbonyl (C=O) groups is 4. The molecule has 83 heavy (non-hydrogen) atoms. The molecule has 3 amide bonds. The summed E-state index contributed by atoms with van der Waals surface area (Å²) in [5.41, 5.74) is 5.62. The topological polar surface area (TPSA) is 233 Å². The molecule has 0 radical (unpaired) electrons. The summed E-state index contributed by atoms with van der Waals surface area (Å²) in [6.07, 6.45) is 4.60. The normalized spacial score (nSPS) is 14.8. The van der Waals surface area contributed by atoms with Gasteiger partial charge in [0.15, 0.2) is 13.2 Å². The van der Waals surface area contributed by atoms with Crippen LogP contribution in [-0.2, 0) is 22.4 Å². The van der Waals surface area contributed by atoms with Crippen molar-refractivity contribution >= 4 is 57.0 Å². The number of benzene rings is 6. The molecule has 0 atom stereocenters. The molecule has 0 spiro atoms. The van der Waals surface area contributed by atoms with Gasteiger partial charge in [-0.3, -0.25) is 28.6 Å². The van der Waals surface area contributed by atoms with Gasteiger partial charge in [-0.1, -0.05) is 55.0 Å². The van der Waals surface area contributed by atoms with Crippen LogP contribution in [0.25, 0.3) is 44.1 Å². The Hall–Kier alpha value is -9.47. The second-order valence-corrected chi connectivity index (χ2v) is 20.1. The number of carboxylic acid groups (broad SMARTS) is 1. The minimum absolute atomic E-state index is 0.0429. The lowest BCUT2D eigenvalue weighted by Gasteiger charge is -2.32. The van der Waals surface area contributed by atoms with E-state index in [0.717, 1.165) is 51.8 Å². The number of amides is 3. The molecule has 21 heteroatoms. The zero-order valence-electron chi connectivity index (χ0n) is 47.1. The number of aromatic nitrogens is 4. The van der Waals surface area contributed by atoms with Gasteiger partial charge in [-0.05, 0) is 137 Å². The van der Waals surface area contributed by atoms with Crippen LogP contribution in [0.1, 0.15) is 31.8 Å². The molecule has 4 aliphatic heterocycles. The summed E-state index contributed by atoms with van der Waals surface area (Å²) < 4.78 is 37.8. The standard InChI is InChI=1S/C30H29N5O5.C25H19N3O6.C6H13N.CH3F/c1-33-14-16-34(17-15-33)27(36)19-39-23-11-6-20-12-13-35(26(20)18-23)30(38)40-22-9-7-21(8-10-22)28-24-4-2-3-5-25(24)29(37)32-31-28;29-22(30)14-33-18-10-5-15-11-12-28(21(15)13-18)25(32)34-17-8-6-16(7-9-17)23-19-3-1-2-4-20(19)24(31)27-26-23;1-7-5-3-2-4-6-7;1-2/h2-11,18H,12-17,19H2,1H3,(H,32,37);1-10,13H,11-12,14H2,(H,27,31)(H,29,30);2-6H2,1H3;1H3/i;;;1D. The Morgan fingerprint density at radius 2 is 0.952 bits per heavy atom. The molecule has 4 aliphatic rings. The average molecular weight is 1130 g/mol. The van der Waals surface area contributed by atoms with Crippen molar-refractivity contribution < 1.29 is 49.0 Å². The fraction of sp³-hybridized carbons (Fsp3) is 0.290. The number of aliphatic carboxylic acids is 1. The number of nitrogens with zero attached hydrogens (tertiary/aromatic N) is 7. The van der Waals surface area contributed by atoms with Gasteiger partial charge in [-0.25, -0.2) is 24.6 Å². The Morgan fingerprint density at radius 1 is 0.542 bits per heavy atom. The van der Waals surface area contributed by atoms with E-state index in [1.165, 1.54) is 37.3 Å². The van der Waals surface area contributed by atoms with Crippen molar-refractivity contribution in [3.8, 4) is 45.5 Å². The number of fused-ring (bicyclic) bond motifs is 4. The van der Waals surface area contributed by atoms with Crippen molar-refractivity contribution in [1.29, 1.82) is 0 Å². The number of alkyl halides is 1. The lowest BCUT2D eigenvalue weighted by molar-refractivity contribution is -0.139. The van der Waals surface area contributed by atoms with Gasteiger partial charge in [-0.2, -0.15) is 10.2 Å². The largest absolute Gasteiger partial charge is 0.484 e. The van der Waals surface area contributed by atoms with Crippen molar-refractivity contribution in [2.45, 2.75) is 32.1 Å². The van der Waals surface area contributed by atoms with Crippen molar-refractivity contribution in [1.82, 2.24) is 35.1 Å². The maximum absolute atomic E-state index is 13.1. The first-order valence-corrected chi connectivity index (χ1v) is 27.1. The fourth-order valence-electron chi connectivity index (χ4n) is 10.1. The summed E-state index contributed by atoms with van der Waals surface area (Å²) in [5.74, 6) is 0.524. The zero-order valence-corrected chi connectivity index (χ0v) is 46.1. The van der Waals surface area contributed by atoms with Crippen molar-refractivity contribution in [3.05, 3.63) is 165 Å². The Balaban J connectivity index is 0.000000175. The molecule has 430 valence electrons. The third kappa shape index (κ3) is 14.4. The average Bonchev–Trinajstić information content (AvgIpc) is 3.94. The number of halogens is 1. The molecule has 0 bridgehead atoms. The number of anilines is 2. The third-order valence-corrected chi connectivity index (χ3v) is 14.6. The van der Waals surface area contributed by atoms with E-state index in [0.29, 0.717) is 89.9 Å². The molecule has 2 fully saturated rings. The van der Waals surface area contributed by atoms with Gasteiger partial charge >= 0.3 is 18.2 Å². The summed E-state index contributed by atoms with van der Waals surface area (Å²) in [6.45, 7) is 6.17. The van der Waals surface area contributed by atoms with Crippen molar-refractivity contribution in [2.75, 3.05) is 96.6 Å². The number of H-pyrrole nitrogens is 2. The number of hydrogen-bond acceptors (Lipinski definition) is 14. The molecule has 3 N–H and O–H groups in total. The number of aromatic amines is 2. The van der Waals surface area contributed by atoms with Gasteiger partial charge in [0.25, 0.3) is 17.0 Å². The molecule has 0 saturated carbocycles. The van der Waals surface area contributed by atoms with E-state index in [-0.39, 0.29) is 23.6 Å². The Labute approximate surface area is 479 Å². The van der Waals surface area contributed by atoms with Crippen LogP contribution in [0.5, 0.6) is 23.0 Å². The van der Waals surface area contributed by atoms with E-state index in [9.17, 15) is 33.2 Å². The Morgan fingerprint density at radius 3 is 1.37 bits per heavy atom. The third-order valence-electron chi connectivity index (χ3n) is 14.6. The number of hydrogen-bond donors (Lipinski definition) is 3. The monoisotopic (exact) mass is 1130 g/mol. The van der Waals surface area contributed by atoms with Crippen LogP contribution in [0.3, 0.4) is 0 Å². The number of rotatable bonds is 10. The first-order chi connectivity index (χ1) is 40.8. The van der Waals surface area contributed by atoms with Gasteiger partial charge in [0.05, 0.1) is 42.1 Å². The summed E-state index contributed by atoms with van der Waals surface area (Å²) in [6, 6.07) is 39.1. The van der Waals surface area contributed by atoms with E-state index in [1.54, 1.807) is 89.8 Å². The van der Waals surface area contributed by atoms with Gasteiger partial charge in [0.1, 0.15) is 23.0 Å². The van der Waals surface area contributed by atoms with Gasteiger partial charge in [0.2, 0.25) is 0 Å². The number of likely N-dealkylation sites (N-methyl/N-ethyl adjacent to an activating group) is 1. The van der Waals surface area contributed by atoms with Crippen molar-refractivity contribution in [3.63, 3.8) is 0 Å². The highest BCUT2D eigenvalue weighted by molar-refractivity contribution is 5.96. The van der Waals surface area contributed by atoms with Crippen LogP contribution in [0.2, 0.25) is 0 Å². The van der Waals surface area contributed by atoms with E-state index >= 15 is 0 Å². The smallest absolute Gasteiger partial charge is 0.419 e. The minimum atomic E-state index is -1.08. The molecule has 0 unspecified atom stereocenters. The number of ether oxygens (including phenoxy) is 4. The number of carbonyl (C=O) groups excluding carboxylic acids is 3. The van der Waals surface area contributed by atoms with E-state index in [1.807, 2.05) is 60.5 Å². The maximum Gasteiger partial charge on any atom is 0.419 e. The SMILES string of the molecule is CN1CCCCC1.CN1CCN(C(=O)COc2ccc3c(c2)N(C(=O)Oc2ccc(-c4n[nH]c(=O)c5ccccc45)cc2)CC3)CC1.O=C(O)COc1ccc2c(c1)N(C(=O)Oc1ccc(-c3n[nH]c(=O)c4ccccc34)cc1)CC2.[2H]CF. The molecule has 6 heterocycles. The zero-order chi connectivity index (χ0) is 59.1. The number of carboxylic acids is 1. The quantitative estimate of drug-likeness (QED) is 0.116. The highest BCUT2D eigenvalue weighted by Crippen LogP contribution is 2.35. The highest BCUT2D eigenvalue weighted by atomic mass is 19.1. The van der Waals surface area contributed by atoms with Gasteiger partial charge < -0.3 is 38.8 Å². The van der Waals surface area contributed by atoms with Crippen LogP contribution in [0.4, 0.5) is 25.4 Å². The summed E-state index contributed by atoms with van der Waals surface area (Å²) >= 11 is 0. The Kier molecular flexibility index (Phi) is 18.7. The number of piperazine rings is 1. The molecule has 20 nitrogen and oxygen atoms in total. The molecule has 12 rings (SSSR count). The van der Waals surface area contributed by atoms with E-state index < -0.39 is 31.9 Å². The van der Waals surface area contributed by atoms with Crippen molar-refractivity contribution in [2.24, 2.45) is 0 Å². The molecule has 8 aromatic rings. The molecule has 2 aromatic heterocycles. The maximum atomic E-state index is 13.1. The first kappa shape index (κ1) is 56.8. The lowest BCUT2D eigenvalue weighted by Crippen LogP contribution is -2.48. The second kappa shape index (κ2) is 27.3. The van der Waals surface area contributed by atoms with E-state index in [4.69, 9.17) is 25.4 Å². The second-order valence-electron chi connectivity index (χ2n) is 20.1. The van der Waals surface area contributed by atoms with Gasteiger partial charge in [-0.15, -0.1) is 0 Å². The molecular weight excluding hydrogens is 1070 g/mol. The van der Waals surface area contributed by atoms with Crippen LogP contribution < -0.4 is 39.9 Å². The van der Waals surface area contributed by atoms with Crippen LogP contribution in [-0.4, -0.2) is 151 Å². The van der Waals surface area contributed by atoms with Gasteiger partial charge in [0, 0.05) is 73.3 Å². The molecule has 0 aliphatic carbocycles. The Bertz CT molecular complexity index is 3740. The predicted octanol–water partition coefficient (Wildman–Crippen LogP) is 8.61. The lowest BCUT2D eigenvalue weighted by atomic mass is 10.1. The highest BCUT2D eigenvalue weighted by Gasteiger charge is 2.29. The van der Waals surface area contributed by atoms with Crippen LogP contribution in [0.15, 0.2) is 143 Å². The molecular formula is C62H64FN9O11. The fourth-order valence-corrected chi connectivity index (χ4v) is 10.1. The first-order valence-electron chi connectivity index (χ1n) is 27.8. The molecule has 2 saturated heterocycles.